The second kappa shape index (κ2) is 11.1. The van der Waals surface area contributed by atoms with Crippen molar-refractivity contribution >= 4 is 38.9 Å². The number of amides is 1. The number of nitrogens with one attached hydrogen (secondary N) is 2. The van der Waals surface area contributed by atoms with Crippen LogP contribution < -0.4 is 10.0 Å². The van der Waals surface area contributed by atoms with Gasteiger partial charge in [-0.2, -0.15) is 13.2 Å². The first-order valence-electron chi connectivity index (χ1n) is 11.6. The highest BCUT2D eigenvalue weighted by molar-refractivity contribution is 7.92. The van der Waals surface area contributed by atoms with Crippen molar-refractivity contribution < 1.29 is 26.4 Å². The standard InChI is InChI=1S/C26H25ClF3N3O3S/c27-24-13-10-21(16-23(24)26(28,29)30)32-37(35,36)22-11-8-20(9-12-22)31-25(34)19-6-4-18(5-7-19)17-33-14-2-1-3-15-33/h4-13,16,32H,1-3,14-15,17H2,(H,31,34). The van der Waals surface area contributed by atoms with E-state index < -0.39 is 26.8 Å². The zero-order chi connectivity index (χ0) is 26.6. The smallest absolute Gasteiger partial charge is 0.322 e. The van der Waals surface area contributed by atoms with E-state index >= 15 is 0 Å². The number of likely N-dealkylation sites (tertiary alicyclic amines) is 1. The van der Waals surface area contributed by atoms with Crippen LogP contribution in [0.15, 0.2) is 71.6 Å². The van der Waals surface area contributed by atoms with Gasteiger partial charge in [0.1, 0.15) is 0 Å². The Hall–Kier alpha value is -3.08. The lowest BCUT2D eigenvalue weighted by Crippen LogP contribution is -2.29. The Bertz CT molecular complexity index is 1360. The second-order valence-electron chi connectivity index (χ2n) is 8.81. The van der Waals surface area contributed by atoms with Gasteiger partial charge in [-0.15, -0.1) is 0 Å². The SMILES string of the molecule is O=C(Nc1ccc(S(=O)(=O)Nc2ccc(Cl)c(C(F)(F)F)c2)cc1)c1ccc(CN2CCCCC2)cc1. The normalized spacial score (nSPS) is 14.8. The van der Waals surface area contributed by atoms with Gasteiger partial charge in [0.25, 0.3) is 15.9 Å². The summed E-state index contributed by atoms with van der Waals surface area (Å²) >= 11 is 5.59. The Balaban J connectivity index is 1.39. The van der Waals surface area contributed by atoms with Gasteiger partial charge < -0.3 is 5.32 Å². The fourth-order valence-electron chi connectivity index (χ4n) is 4.08. The molecule has 1 fully saturated rings. The van der Waals surface area contributed by atoms with E-state index in [2.05, 4.69) is 14.9 Å². The summed E-state index contributed by atoms with van der Waals surface area (Å²) in [7, 11) is -4.18. The molecule has 196 valence electrons. The molecule has 1 aliphatic heterocycles. The average molecular weight is 552 g/mol. The summed E-state index contributed by atoms with van der Waals surface area (Å²) in [6.07, 6.45) is -1.05. The minimum Gasteiger partial charge on any atom is -0.322 e. The highest BCUT2D eigenvalue weighted by atomic mass is 35.5. The van der Waals surface area contributed by atoms with Crippen molar-refractivity contribution in [2.45, 2.75) is 36.9 Å². The summed E-state index contributed by atoms with van der Waals surface area (Å²) in [5, 5.41) is 2.18. The Kier molecular flexibility index (Phi) is 8.11. The van der Waals surface area contributed by atoms with Crippen molar-refractivity contribution in [3.63, 3.8) is 0 Å². The fourth-order valence-corrected chi connectivity index (χ4v) is 5.35. The Morgan fingerprint density at radius 2 is 1.51 bits per heavy atom. The van der Waals surface area contributed by atoms with Crippen LogP contribution >= 0.6 is 11.6 Å². The molecular weight excluding hydrogens is 527 g/mol. The summed E-state index contributed by atoms with van der Waals surface area (Å²) < 4.78 is 66.7. The van der Waals surface area contributed by atoms with Crippen LogP contribution in [0.5, 0.6) is 0 Å². The monoisotopic (exact) mass is 551 g/mol. The quantitative estimate of drug-likeness (QED) is 0.356. The molecule has 4 rings (SSSR count). The van der Waals surface area contributed by atoms with E-state index in [0.717, 1.165) is 37.3 Å². The number of alkyl halides is 3. The molecule has 3 aromatic rings. The van der Waals surface area contributed by atoms with Crippen molar-refractivity contribution in [3.8, 4) is 0 Å². The number of benzene rings is 3. The molecular formula is C26H25ClF3N3O3S. The lowest BCUT2D eigenvalue weighted by molar-refractivity contribution is -0.137. The number of piperidine rings is 1. The summed E-state index contributed by atoms with van der Waals surface area (Å²) in [6.45, 7) is 3.01. The maximum absolute atomic E-state index is 13.1. The third kappa shape index (κ3) is 7.03. The van der Waals surface area contributed by atoms with Crippen molar-refractivity contribution in [3.05, 3.63) is 88.4 Å². The maximum Gasteiger partial charge on any atom is 0.417 e. The first-order valence-corrected chi connectivity index (χ1v) is 13.5. The Morgan fingerprint density at radius 3 is 2.14 bits per heavy atom. The van der Waals surface area contributed by atoms with Gasteiger partial charge in [0, 0.05) is 23.5 Å². The second-order valence-corrected chi connectivity index (χ2v) is 10.9. The van der Waals surface area contributed by atoms with Crippen LogP contribution in [0.1, 0.15) is 40.7 Å². The number of nitrogens with zero attached hydrogens (tertiary/aromatic N) is 1. The third-order valence-electron chi connectivity index (χ3n) is 6.02. The number of sulfonamides is 1. The van der Waals surface area contributed by atoms with Crippen LogP contribution in [0.2, 0.25) is 5.02 Å². The highest BCUT2D eigenvalue weighted by Gasteiger charge is 2.33. The minimum atomic E-state index is -4.73. The van der Waals surface area contributed by atoms with E-state index in [-0.39, 0.29) is 16.5 Å². The van der Waals surface area contributed by atoms with E-state index in [1.54, 1.807) is 12.1 Å². The van der Waals surface area contributed by atoms with Gasteiger partial charge in [0.15, 0.2) is 0 Å². The number of carbonyl (C=O) groups excluding carboxylic acids is 1. The first kappa shape index (κ1) is 27.0. The molecule has 1 amide bonds. The van der Waals surface area contributed by atoms with E-state index in [9.17, 15) is 26.4 Å². The molecule has 0 bridgehead atoms. The number of rotatable bonds is 7. The van der Waals surface area contributed by atoms with Crippen LogP contribution in [-0.4, -0.2) is 32.3 Å². The lowest BCUT2D eigenvalue weighted by Gasteiger charge is -2.26. The van der Waals surface area contributed by atoms with E-state index in [1.807, 2.05) is 12.1 Å². The number of anilines is 2. The largest absolute Gasteiger partial charge is 0.417 e. The molecule has 0 radical (unpaired) electrons. The van der Waals surface area contributed by atoms with Gasteiger partial charge in [-0.25, -0.2) is 8.42 Å². The number of carbonyl (C=O) groups is 1. The van der Waals surface area contributed by atoms with Crippen LogP contribution in [0.3, 0.4) is 0 Å². The first-order chi connectivity index (χ1) is 17.5. The molecule has 2 N–H and O–H groups in total. The van der Waals surface area contributed by atoms with Crippen LogP contribution in [-0.2, 0) is 22.7 Å². The molecule has 3 aromatic carbocycles. The number of halogens is 4. The Labute approximate surface area is 218 Å². The molecule has 11 heteroatoms. The topological polar surface area (TPSA) is 78.5 Å². The van der Waals surface area contributed by atoms with Gasteiger partial charge in [0.2, 0.25) is 0 Å². The van der Waals surface area contributed by atoms with Crippen molar-refractivity contribution in [2.75, 3.05) is 23.1 Å². The summed E-state index contributed by atoms with van der Waals surface area (Å²) in [4.78, 5) is 14.8. The van der Waals surface area contributed by atoms with Gasteiger partial charge in [-0.05, 0) is 86.1 Å². The lowest BCUT2D eigenvalue weighted by atomic mass is 10.1. The summed E-state index contributed by atoms with van der Waals surface area (Å²) in [6, 6.07) is 15.4. The zero-order valence-corrected chi connectivity index (χ0v) is 21.3. The Morgan fingerprint density at radius 1 is 0.892 bits per heavy atom. The van der Waals surface area contributed by atoms with Gasteiger partial charge in [-0.1, -0.05) is 30.2 Å². The summed E-state index contributed by atoms with van der Waals surface area (Å²) in [5.74, 6) is -0.348. The molecule has 0 saturated carbocycles. The minimum absolute atomic E-state index is 0.184. The molecule has 1 saturated heterocycles. The van der Waals surface area contributed by atoms with Crippen molar-refractivity contribution in [2.24, 2.45) is 0 Å². The zero-order valence-electron chi connectivity index (χ0n) is 19.7. The number of hydrogen-bond acceptors (Lipinski definition) is 4. The van der Waals surface area contributed by atoms with Crippen molar-refractivity contribution in [1.29, 1.82) is 0 Å². The average Bonchev–Trinajstić information content (AvgIpc) is 2.86. The van der Waals surface area contributed by atoms with Gasteiger partial charge in [-0.3, -0.25) is 14.4 Å². The van der Waals surface area contributed by atoms with Gasteiger partial charge in [0.05, 0.1) is 15.5 Å². The predicted octanol–water partition coefficient (Wildman–Crippen LogP) is 6.40. The molecule has 0 unspecified atom stereocenters. The third-order valence-corrected chi connectivity index (χ3v) is 7.74. The molecule has 6 nitrogen and oxygen atoms in total. The molecule has 0 aliphatic carbocycles. The number of hydrogen-bond donors (Lipinski definition) is 2. The predicted molar refractivity (Wildman–Crippen MR) is 137 cm³/mol. The molecule has 37 heavy (non-hydrogen) atoms. The highest BCUT2D eigenvalue weighted by Crippen LogP contribution is 2.36. The van der Waals surface area contributed by atoms with Gasteiger partial charge >= 0.3 is 6.18 Å². The van der Waals surface area contributed by atoms with Crippen LogP contribution in [0.4, 0.5) is 24.5 Å². The molecule has 0 atom stereocenters. The maximum atomic E-state index is 13.1. The van der Waals surface area contributed by atoms with Crippen molar-refractivity contribution in [1.82, 2.24) is 4.90 Å². The molecule has 0 spiro atoms. The molecule has 1 heterocycles. The van der Waals surface area contributed by atoms with Crippen LogP contribution in [0, 0.1) is 0 Å². The summed E-state index contributed by atoms with van der Waals surface area (Å²) in [5.41, 5.74) is 0.532. The van der Waals surface area contributed by atoms with E-state index in [0.29, 0.717) is 17.3 Å². The van der Waals surface area contributed by atoms with E-state index in [4.69, 9.17) is 11.6 Å². The molecule has 1 aliphatic rings. The fraction of sp³-hybridized carbons (Fsp3) is 0.269. The van der Waals surface area contributed by atoms with E-state index in [1.165, 1.54) is 43.5 Å². The molecule has 0 aromatic heterocycles. The van der Waals surface area contributed by atoms with Crippen LogP contribution in [0.25, 0.3) is 0 Å².